The van der Waals surface area contributed by atoms with Crippen LogP contribution in [-0.2, 0) is 11.2 Å². The fraction of sp³-hybridized carbons (Fsp3) is 0.353. The topological polar surface area (TPSA) is 112 Å². The minimum atomic E-state index is -0.653. The lowest BCUT2D eigenvalue weighted by molar-refractivity contribution is -0.114. The highest BCUT2D eigenvalue weighted by Gasteiger charge is 2.28. The van der Waals surface area contributed by atoms with Gasteiger partial charge >= 0.3 is 0 Å². The summed E-state index contributed by atoms with van der Waals surface area (Å²) in [4.78, 5) is 27.2. The third-order valence-electron chi connectivity index (χ3n) is 7.62. The first kappa shape index (κ1) is 31.3. The third kappa shape index (κ3) is 8.28. The number of likely N-dealkylation sites (tertiary alicyclic amines) is 1. The van der Waals surface area contributed by atoms with Crippen molar-refractivity contribution in [1.29, 1.82) is 0 Å². The van der Waals surface area contributed by atoms with Crippen LogP contribution >= 0.6 is 11.3 Å². The smallest absolute Gasteiger partial charge is 0.267 e. The Morgan fingerprint density at radius 2 is 1.80 bits per heavy atom. The normalized spacial score (nSPS) is 14.3. The molecule has 2 heterocycles. The molecule has 4 aromatic rings. The maximum Gasteiger partial charge on any atom is 0.267 e. The molecule has 1 saturated heterocycles. The van der Waals surface area contributed by atoms with Crippen LogP contribution in [0.15, 0.2) is 72.8 Å². The molecule has 0 aliphatic carbocycles. The Kier molecular flexibility index (Phi) is 10.7. The van der Waals surface area contributed by atoms with Crippen LogP contribution in [0, 0.1) is 0 Å². The van der Waals surface area contributed by atoms with E-state index in [1.807, 2.05) is 29.2 Å². The van der Waals surface area contributed by atoms with Crippen molar-refractivity contribution in [3.63, 3.8) is 0 Å². The van der Waals surface area contributed by atoms with Crippen molar-refractivity contribution in [2.75, 3.05) is 50.5 Å². The molecule has 10 heteroatoms. The standard InChI is InChI=1S/C34H40N4O5S/c1-23(39)36-27-6-5-7-29(20-27)43-22-28(40)21-35-17-14-24-10-12-25(13-11-24)37-26-15-18-38(19-16-26)34(41)33-32(42-2)30-8-3-4-9-31(30)44-33/h3-13,20,26,28,35,37,40H,14-19,21-22H2,1-2H3,(H,36,39)/t28-/m1/s1. The number of piperidine rings is 1. The van der Waals surface area contributed by atoms with Crippen LogP contribution < -0.4 is 25.4 Å². The number of methoxy groups -OCH3 is 1. The molecular formula is C34H40N4O5S. The number of hydrogen-bond donors (Lipinski definition) is 4. The molecule has 1 atom stereocenters. The second kappa shape index (κ2) is 15.1. The molecular weight excluding hydrogens is 576 g/mol. The maximum atomic E-state index is 13.3. The van der Waals surface area contributed by atoms with Crippen molar-refractivity contribution < 1.29 is 24.2 Å². The number of carbonyl (C=O) groups excluding carboxylic acids is 2. The van der Waals surface area contributed by atoms with Gasteiger partial charge in [-0.3, -0.25) is 9.59 Å². The lowest BCUT2D eigenvalue weighted by atomic mass is 10.0. The van der Waals surface area contributed by atoms with Gasteiger partial charge in [0.2, 0.25) is 5.91 Å². The lowest BCUT2D eigenvalue weighted by Gasteiger charge is -2.32. The van der Waals surface area contributed by atoms with E-state index in [0.29, 0.717) is 47.7 Å². The number of carbonyl (C=O) groups is 2. The predicted octanol–water partition coefficient (Wildman–Crippen LogP) is 5.16. The zero-order valence-electron chi connectivity index (χ0n) is 25.2. The van der Waals surface area contributed by atoms with Crippen molar-refractivity contribution in [3.05, 3.63) is 83.2 Å². The first-order valence-corrected chi connectivity index (χ1v) is 15.8. The molecule has 1 aromatic heterocycles. The van der Waals surface area contributed by atoms with E-state index in [9.17, 15) is 14.7 Å². The van der Waals surface area contributed by atoms with E-state index in [2.05, 4.69) is 40.2 Å². The Hall–Kier alpha value is -4.12. The minimum absolute atomic E-state index is 0.0491. The molecule has 0 unspecified atom stereocenters. The van der Waals surface area contributed by atoms with Gasteiger partial charge in [-0.1, -0.05) is 30.3 Å². The van der Waals surface area contributed by atoms with E-state index >= 15 is 0 Å². The monoisotopic (exact) mass is 616 g/mol. The molecule has 232 valence electrons. The first-order chi connectivity index (χ1) is 21.4. The molecule has 0 bridgehead atoms. The van der Waals surface area contributed by atoms with E-state index in [-0.39, 0.29) is 18.4 Å². The van der Waals surface area contributed by atoms with Crippen molar-refractivity contribution in [1.82, 2.24) is 10.2 Å². The Bertz CT molecular complexity index is 1550. The second-order valence-corrected chi connectivity index (χ2v) is 12.0. The highest BCUT2D eigenvalue weighted by molar-refractivity contribution is 7.21. The van der Waals surface area contributed by atoms with Gasteiger partial charge in [0.05, 0.1) is 7.11 Å². The van der Waals surface area contributed by atoms with Crippen molar-refractivity contribution >= 4 is 44.6 Å². The average Bonchev–Trinajstić information content (AvgIpc) is 3.41. The van der Waals surface area contributed by atoms with Gasteiger partial charge in [-0.15, -0.1) is 11.3 Å². The second-order valence-electron chi connectivity index (χ2n) is 11.0. The Morgan fingerprint density at radius 3 is 2.55 bits per heavy atom. The van der Waals surface area contributed by atoms with Crippen molar-refractivity contribution in [3.8, 4) is 11.5 Å². The molecule has 1 aliphatic rings. The van der Waals surface area contributed by atoms with E-state index in [1.54, 1.807) is 31.4 Å². The summed E-state index contributed by atoms with van der Waals surface area (Å²) in [5.41, 5.74) is 2.94. The fourth-order valence-corrected chi connectivity index (χ4v) is 6.50. The molecule has 4 N–H and O–H groups in total. The molecule has 3 aromatic carbocycles. The Morgan fingerprint density at radius 1 is 1.02 bits per heavy atom. The summed E-state index contributed by atoms with van der Waals surface area (Å²) in [6, 6.07) is 23.8. The molecule has 1 fully saturated rings. The third-order valence-corrected chi connectivity index (χ3v) is 8.76. The summed E-state index contributed by atoms with van der Waals surface area (Å²) in [5, 5.41) is 20.9. The van der Waals surface area contributed by atoms with Gasteiger partial charge in [0.1, 0.15) is 29.1 Å². The van der Waals surface area contributed by atoms with Gasteiger partial charge in [-0.05, 0) is 67.8 Å². The number of fused-ring (bicyclic) bond motifs is 1. The lowest BCUT2D eigenvalue weighted by Crippen LogP contribution is -2.42. The SMILES string of the molecule is COc1c(C(=O)N2CCC(Nc3ccc(CCNC[C@@H](O)COc4cccc(NC(C)=O)c4)cc3)CC2)sc2ccccc12. The van der Waals surface area contributed by atoms with Crippen LogP contribution in [-0.4, -0.2) is 73.9 Å². The molecule has 0 spiro atoms. The summed E-state index contributed by atoms with van der Waals surface area (Å²) >= 11 is 1.50. The van der Waals surface area contributed by atoms with Crippen LogP contribution in [0.3, 0.4) is 0 Å². The number of rotatable bonds is 13. The minimum Gasteiger partial charge on any atom is -0.494 e. The number of nitrogens with zero attached hydrogens (tertiary/aromatic N) is 1. The summed E-state index contributed by atoms with van der Waals surface area (Å²) in [5.74, 6) is 1.18. The van der Waals surface area contributed by atoms with Crippen molar-refractivity contribution in [2.24, 2.45) is 0 Å². The molecule has 0 radical (unpaired) electrons. The molecule has 44 heavy (non-hydrogen) atoms. The van der Waals surface area contributed by atoms with E-state index in [1.165, 1.54) is 23.8 Å². The van der Waals surface area contributed by atoms with Crippen LogP contribution in [0.4, 0.5) is 11.4 Å². The average molecular weight is 617 g/mol. The Balaban J connectivity index is 0.998. The largest absolute Gasteiger partial charge is 0.494 e. The Labute approximate surface area is 262 Å². The highest BCUT2D eigenvalue weighted by Crippen LogP contribution is 2.38. The number of anilines is 2. The predicted molar refractivity (Wildman–Crippen MR) is 176 cm³/mol. The van der Waals surface area contributed by atoms with Gasteiger partial charge in [0.15, 0.2) is 0 Å². The number of ether oxygens (including phenoxy) is 2. The molecule has 1 aliphatic heterocycles. The van der Waals surface area contributed by atoms with Crippen LogP contribution in [0.25, 0.3) is 10.1 Å². The van der Waals surface area contributed by atoms with E-state index in [4.69, 9.17) is 9.47 Å². The van der Waals surface area contributed by atoms with Crippen LogP contribution in [0.1, 0.15) is 35.0 Å². The van der Waals surface area contributed by atoms with Gasteiger partial charge in [0.25, 0.3) is 5.91 Å². The summed E-state index contributed by atoms with van der Waals surface area (Å²) < 4.78 is 12.4. The molecule has 0 saturated carbocycles. The van der Waals surface area contributed by atoms with E-state index in [0.717, 1.165) is 41.6 Å². The summed E-state index contributed by atoms with van der Waals surface area (Å²) in [6.07, 6.45) is 1.96. The maximum absolute atomic E-state index is 13.3. The number of amides is 2. The van der Waals surface area contributed by atoms with Crippen LogP contribution in [0.2, 0.25) is 0 Å². The van der Waals surface area contributed by atoms with Gasteiger partial charge in [-0.25, -0.2) is 0 Å². The number of nitrogens with one attached hydrogen (secondary N) is 3. The summed E-state index contributed by atoms with van der Waals surface area (Å²) in [7, 11) is 1.63. The zero-order chi connectivity index (χ0) is 30.9. The number of aliphatic hydroxyl groups excluding tert-OH is 1. The molecule has 5 rings (SSSR count). The first-order valence-electron chi connectivity index (χ1n) is 15.0. The quantitative estimate of drug-likeness (QED) is 0.154. The van der Waals surface area contributed by atoms with Gasteiger partial charge < -0.3 is 35.4 Å². The number of aliphatic hydroxyl groups is 1. The highest BCUT2D eigenvalue weighted by atomic mass is 32.1. The summed E-state index contributed by atoms with van der Waals surface area (Å²) in [6.45, 7) is 4.18. The fourth-order valence-electron chi connectivity index (χ4n) is 5.36. The van der Waals surface area contributed by atoms with Gasteiger partial charge in [-0.2, -0.15) is 0 Å². The van der Waals surface area contributed by atoms with Gasteiger partial charge in [0, 0.05) is 60.1 Å². The number of thiophene rings is 1. The van der Waals surface area contributed by atoms with Crippen LogP contribution in [0.5, 0.6) is 11.5 Å². The number of hydrogen-bond acceptors (Lipinski definition) is 8. The van der Waals surface area contributed by atoms with Crippen molar-refractivity contribution in [2.45, 2.75) is 38.3 Å². The zero-order valence-corrected chi connectivity index (χ0v) is 26.0. The van der Waals surface area contributed by atoms with E-state index < -0.39 is 6.10 Å². The number of benzene rings is 3. The molecule has 9 nitrogen and oxygen atoms in total. The molecule has 2 amide bonds.